The lowest BCUT2D eigenvalue weighted by Crippen LogP contribution is -2.37. The van der Waals surface area contributed by atoms with Gasteiger partial charge in [-0.3, -0.25) is 4.79 Å². The smallest absolute Gasteiger partial charge is 0.340 e. The van der Waals surface area contributed by atoms with Crippen LogP contribution in [0.2, 0.25) is 0 Å². The summed E-state index contributed by atoms with van der Waals surface area (Å²) >= 11 is 3.48. The van der Waals surface area contributed by atoms with E-state index in [1.54, 1.807) is 19.1 Å². The second-order valence-corrected chi connectivity index (χ2v) is 8.14. The zero-order valence-electron chi connectivity index (χ0n) is 18.0. The van der Waals surface area contributed by atoms with E-state index in [1.807, 2.05) is 32.0 Å². The van der Waals surface area contributed by atoms with Crippen LogP contribution in [0.5, 0.6) is 5.75 Å². The average molecular weight is 491 g/mol. The van der Waals surface area contributed by atoms with Crippen LogP contribution in [0.25, 0.3) is 0 Å². The number of rotatable bonds is 7. The van der Waals surface area contributed by atoms with E-state index >= 15 is 0 Å². The van der Waals surface area contributed by atoms with E-state index in [4.69, 9.17) is 14.2 Å². The molecular formula is C23H27BrN2O5. The zero-order valence-corrected chi connectivity index (χ0v) is 19.6. The molecule has 7 nitrogen and oxygen atoms in total. The summed E-state index contributed by atoms with van der Waals surface area (Å²) in [5, 5.41) is 2.80. The minimum absolute atomic E-state index is 0.150. The highest BCUT2D eigenvalue weighted by molar-refractivity contribution is 9.10. The van der Waals surface area contributed by atoms with Crippen LogP contribution in [0.1, 0.15) is 28.4 Å². The number of halogens is 1. The van der Waals surface area contributed by atoms with Crippen LogP contribution < -0.4 is 15.0 Å². The standard InChI is InChI=1S/C23H27BrN2O5/c1-4-30-23(28)18-13-17(5-6-20(18)26-7-9-29-10-8-26)25-21(27)14-31-22-16(3)11-15(2)12-19(22)24/h5-6,11-13H,4,7-10,14H2,1-3H3,(H,25,27). The van der Waals surface area contributed by atoms with E-state index in [0.717, 1.165) is 21.3 Å². The van der Waals surface area contributed by atoms with Gasteiger partial charge in [0.2, 0.25) is 0 Å². The Morgan fingerprint density at radius 3 is 2.58 bits per heavy atom. The van der Waals surface area contributed by atoms with Crippen molar-refractivity contribution in [2.75, 3.05) is 49.7 Å². The van der Waals surface area contributed by atoms with Crippen molar-refractivity contribution in [1.29, 1.82) is 0 Å². The van der Waals surface area contributed by atoms with Gasteiger partial charge in [-0.1, -0.05) is 6.07 Å². The lowest BCUT2D eigenvalue weighted by Gasteiger charge is -2.30. The van der Waals surface area contributed by atoms with Crippen molar-refractivity contribution in [3.63, 3.8) is 0 Å². The molecule has 0 aliphatic carbocycles. The molecule has 31 heavy (non-hydrogen) atoms. The minimum Gasteiger partial charge on any atom is -0.482 e. The Morgan fingerprint density at radius 1 is 1.16 bits per heavy atom. The van der Waals surface area contributed by atoms with Gasteiger partial charge in [0.15, 0.2) is 6.61 Å². The van der Waals surface area contributed by atoms with E-state index in [0.29, 0.717) is 43.3 Å². The monoisotopic (exact) mass is 490 g/mol. The van der Waals surface area contributed by atoms with Crippen LogP contribution in [-0.4, -0.2) is 51.4 Å². The van der Waals surface area contributed by atoms with Crippen LogP contribution in [0, 0.1) is 13.8 Å². The fraction of sp³-hybridized carbons (Fsp3) is 0.391. The van der Waals surface area contributed by atoms with E-state index < -0.39 is 5.97 Å². The lowest BCUT2D eigenvalue weighted by atomic mass is 10.1. The summed E-state index contributed by atoms with van der Waals surface area (Å²) in [7, 11) is 0. The molecule has 2 aromatic carbocycles. The van der Waals surface area contributed by atoms with Crippen LogP contribution >= 0.6 is 15.9 Å². The fourth-order valence-electron chi connectivity index (χ4n) is 3.49. The lowest BCUT2D eigenvalue weighted by molar-refractivity contribution is -0.118. The molecule has 0 atom stereocenters. The van der Waals surface area contributed by atoms with E-state index in [1.165, 1.54) is 0 Å². The maximum atomic E-state index is 12.5. The highest BCUT2D eigenvalue weighted by Crippen LogP contribution is 2.30. The van der Waals surface area contributed by atoms with Gasteiger partial charge in [0.25, 0.3) is 5.91 Å². The molecule has 0 unspecified atom stereocenters. The third-order valence-corrected chi connectivity index (χ3v) is 5.44. The topological polar surface area (TPSA) is 77.1 Å². The molecule has 3 rings (SSSR count). The Hall–Kier alpha value is -2.58. The van der Waals surface area contributed by atoms with E-state index in [2.05, 4.69) is 26.1 Å². The van der Waals surface area contributed by atoms with Gasteiger partial charge in [-0.25, -0.2) is 4.79 Å². The number of carbonyl (C=O) groups excluding carboxylic acids is 2. The summed E-state index contributed by atoms with van der Waals surface area (Å²) in [6, 6.07) is 9.19. The maximum Gasteiger partial charge on any atom is 0.340 e. The summed E-state index contributed by atoms with van der Waals surface area (Å²) in [4.78, 5) is 27.1. The van der Waals surface area contributed by atoms with Crippen molar-refractivity contribution in [2.45, 2.75) is 20.8 Å². The molecule has 1 fully saturated rings. The summed E-state index contributed by atoms with van der Waals surface area (Å²) in [6.07, 6.45) is 0. The largest absolute Gasteiger partial charge is 0.482 e. The number of nitrogens with one attached hydrogen (secondary N) is 1. The Kier molecular flexibility index (Phi) is 7.92. The second-order valence-electron chi connectivity index (χ2n) is 7.28. The average Bonchev–Trinajstić information content (AvgIpc) is 2.73. The number of ether oxygens (including phenoxy) is 3. The molecule has 0 saturated carbocycles. The third kappa shape index (κ3) is 5.98. The first-order valence-electron chi connectivity index (χ1n) is 10.2. The van der Waals surface area contributed by atoms with Crippen LogP contribution in [0.4, 0.5) is 11.4 Å². The Balaban J connectivity index is 1.72. The number of nitrogens with zero attached hydrogens (tertiary/aromatic N) is 1. The molecule has 8 heteroatoms. The van der Waals surface area contributed by atoms with Gasteiger partial charge < -0.3 is 24.4 Å². The summed E-state index contributed by atoms with van der Waals surface area (Å²) in [5.41, 5.74) is 3.75. The number of esters is 1. The number of benzene rings is 2. The molecule has 0 aromatic heterocycles. The second kappa shape index (κ2) is 10.6. The number of carbonyl (C=O) groups is 2. The molecule has 0 radical (unpaired) electrons. The van der Waals surface area contributed by atoms with Crippen molar-refractivity contribution in [2.24, 2.45) is 0 Å². The molecule has 2 aromatic rings. The van der Waals surface area contributed by atoms with E-state index in [-0.39, 0.29) is 19.1 Å². The van der Waals surface area contributed by atoms with Crippen LogP contribution in [-0.2, 0) is 14.3 Å². The summed E-state index contributed by atoms with van der Waals surface area (Å²) < 4.78 is 17.1. The number of anilines is 2. The van der Waals surface area contributed by atoms with Gasteiger partial charge in [0, 0.05) is 18.8 Å². The van der Waals surface area contributed by atoms with Gasteiger partial charge in [-0.2, -0.15) is 0 Å². The van der Waals surface area contributed by atoms with Crippen molar-refractivity contribution in [3.05, 3.63) is 51.5 Å². The van der Waals surface area contributed by atoms with Gasteiger partial charge >= 0.3 is 5.97 Å². The first-order chi connectivity index (χ1) is 14.9. The SMILES string of the molecule is CCOC(=O)c1cc(NC(=O)COc2c(C)cc(C)cc2Br)ccc1N1CCOCC1. The predicted molar refractivity (Wildman–Crippen MR) is 123 cm³/mol. The van der Waals surface area contributed by atoms with Crippen molar-refractivity contribution >= 4 is 39.2 Å². The molecule has 1 amide bonds. The first kappa shape index (κ1) is 23.1. The van der Waals surface area contributed by atoms with Gasteiger partial charge in [0.1, 0.15) is 5.75 Å². The van der Waals surface area contributed by atoms with Gasteiger partial charge in [-0.15, -0.1) is 0 Å². The van der Waals surface area contributed by atoms with E-state index in [9.17, 15) is 9.59 Å². The van der Waals surface area contributed by atoms with Crippen LogP contribution in [0.15, 0.2) is 34.8 Å². The fourth-order valence-corrected chi connectivity index (χ4v) is 4.27. The Morgan fingerprint density at radius 2 is 1.90 bits per heavy atom. The zero-order chi connectivity index (χ0) is 22.4. The highest BCUT2D eigenvalue weighted by Gasteiger charge is 2.21. The normalized spacial score (nSPS) is 13.6. The molecule has 166 valence electrons. The number of aryl methyl sites for hydroxylation is 2. The molecular weight excluding hydrogens is 464 g/mol. The summed E-state index contributed by atoms with van der Waals surface area (Å²) in [5.74, 6) is -0.105. The first-order valence-corrected chi connectivity index (χ1v) is 11.0. The number of hydrogen-bond donors (Lipinski definition) is 1. The molecule has 0 bridgehead atoms. The Bertz CT molecular complexity index is 934. The van der Waals surface area contributed by atoms with Crippen LogP contribution in [0.3, 0.4) is 0 Å². The number of amides is 1. The van der Waals surface area contributed by atoms with Crippen molar-refractivity contribution < 1.29 is 23.8 Å². The highest BCUT2D eigenvalue weighted by atomic mass is 79.9. The minimum atomic E-state index is -0.421. The Labute approximate surface area is 190 Å². The molecule has 1 aliphatic rings. The number of hydrogen-bond acceptors (Lipinski definition) is 6. The molecule has 1 saturated heterocycles. The van der Waals surface area contributed by atoms with Gasteiger partial charge in [-0.05, 0) is 72.1 Å². The van der Waals surface area contributed by atoms with Gasteiger partial charge in [0.05, 0.1) is 35.5 Å². The quantitative estimate of drug-likeness (QED) is 0.588. The summed E-state index contributed by atoms with van der Waals surface area (Å²) in [6.45, 7) is 8.40. The van der Waals surface area contributed by atoms with Crippen molar-refractivity contribution in [1.82, 2.24) is 0 Å². The predicted octanol–water partition coefficient (Wildman–Crippen LogP) is 4.10. The molecule has 1 N–H and O–H groups in total. The molecule has 0 spiro atoms. The molecule has 1 heterocycles. The third-order valence-electron chi connectivity index (χ3n) is 4.85. The van der Waals surface area contributed by atoms with Crippen molar-refractivity contribution in [3.8, 4) is 5.75 Å². The number of morpholine rings is 1. The maximum absolute atomic E-state index is 12.5. The molecule has 1 aliphatic heterocycles.